The Morgan fingerprint density at radius 1 is 1.07 bits per heavy atom. The lowest BCUT2D eigenvalue weighted by Gasteiger charge is -2.19. The van der Waals surface area contributed by atoms with Crippen molar-refractivity contribution in [1.82, 2.24) is 4.31 Å². The molecule has 0 atom stereocenters. The molecule has 0 spiro atoms. The van der Waals surface area contributed by atoms with E-state index >= 15 is 0 Å². The molecule has 3 aromatic rings. The molecule has 6 nitrogen and oxygen atoms in total. The van der Waals surface area contributed by atoms with Crippen LogP contribution in [0.25, 0.3) is 10.8 Å². The molecule has 0 aromatic heterocycles. The van der Waals surface area contributed by atoms with Crippen molar-refractivity contribution in [2.75, 3.05) is 20.2 Å². The first-order chi connectivity index (χ1) is 13.9. The summed E-state index contributed by atoms with van der Waals surface area (Å²) < 4.78 is 32.4. The molecule has 3 rings (SSSR count). The fourth-order valence-corrected chi connectivity index (χ4v) is 4.68. The van der Waals surface area contributed by atoms with Gasteiger partial charge in [0.1, 0.15) is 17.2 Å². The molecule has 0 bridgehead atoms. The highest BCUT2D eigenvalue weighted by atomic mass is 32.2. The smallest absolute Gasteiger partial charge is 0.243 e. The van der Waals surface area contributed by atoms with Crippen LogP contribution in [0.1, 0.15) is 19.4 Å². The van der Waals surface area contributed by atoms with E-state index in [0.29, 0.717) is 30.1 Å². The average Bonchev–Trinajstić information content (AvgIpc) is 2.73. The number of fused-ring (bicyclic) bond motifs is 1. The lowest BCUT2D eigenvalue weighted by molar-refractivity contribution is 0.415. The minimum absolute atomic E-state index is 0.0957. The van der Waals surface area contributed by atoms with Crippen LogP contribution in [0.3, 0.4) is 0 Å². The average molecular weight is 413 g/mol. The Labute approximate surface area is 171 Å². The van der Waals surface area contributed by atoms with Crippen LogP contribution in [0.5, 0.6) is 11.5 Å². The molecular weight excluding hydrogens is 388 g/mol. The number of benzene rings is 3. The molecule has 29 heavy (non-hydrogen) atoms. The molecule has 0 unspecified atom stereocenters. The quantitative estimate of drug-likeness (QED) is 0.586. The molecule has 0 fully saturated rings. The second-order valence-electron chi connectivity index (χ2n) is 6.40. The van der Waals surface area contributed by atoms with E-state index in [0.717, 1.165) is 10.8 Å². The van der Waals surface area contributed by atoms with Gasteiger partial charge in [-0.15, -0.1) is 0 Å². The van der Waals surface area contributed by atoms with Crippen LogP contribution in [0.15, 0.2) is 64.5 Å². The molecule has 0 aliphatic heterocycles. The summed E-state index contributed by atoms with van der Waals surface area (Å²) >= 11 is 0. The summed E-state index contributed by atoms with van der Waals surface area (Å²) in [5, 5.41) is 12.1. The largest absolute Gasteiger partial charge is 0.507 e. The summed E-state index contributed by atoms with van der Waals surface area (Å²) in [5.74, 6) is 0.540. The van der Waals surface area contributed by atoms with Crippen LogP contribution >= 0.6 is 0 Å². The zero-order chi connectivity index (χ0) is 21.0. The van der Waals surface area contributed by atoms with Gasteiger partial charge in [-0.05, 0) is 35.0 Å². The fourth-order valence-electron chi connectivity index (χ4n) is 3.20. The number of hydrogen-bond acceptors (Lipinski definition) is 5. The summed E-state index contributed by atoms with van der Waals surface area (Å²) in [6, 6.07) is 15.7. The highest BCUT2D eigenvalue weighted by Gasteiger charge is 2.22. The van der Waals surface area contributed by atoms with E-state index in [4.69, 9.17) is 4.74 Å². The summed E-state index contributed by atoms with van der Waals surface area (Å²) in [6.45, 7) is 4.36. The van der Waals surface area contributed by atoms with Gasteiger partial charge in [-0.1, -0.05) is 44.2 Å². The van der Waals surface area contributed by atoms with Crippen molar-refractivity contribution < 1.29 is 18.3 Å². The van der Waals surface area contributed by atoms with Gasteiger partial charge >= 0.3 is 0 Å². The van der Waals surface area contributed by atoms with Crippen molar-refractivity contribution in [3.05, 3.63) is 60.2 Å². The fraction of sp³-hybridized carbons (Fsp3) is 0.227. The Morgan fingerprint density at radius 2 is 1.79 bits per heavy atom. The molecule has 3 aromatic carbocycles. The molecule has 0 aliphatic rings. The first kappa shape index (κ1) is 20.8. The number of rotatable bonds is 7. The number of methoxy groups -OCH3 is 1. The Hall–Kier alpha value is -2.90. The minimum Gasteiger partial charge on any atom is -0.507 e. The Morgan fingerprint density at radius 3 is 2.48 bits per heavy atom. The molecule has 0 heterocycles. The van der Waals surface area contributed by atoms with E-state index in [1.165, 1.54) is 29.8 Å². The standard InChI is InChI=1S/C22H24N2O4S/c1-4-24(5-2)29(26,27)17-11-13-22(28-3)20(14-17)23-15-19-18-9-7-6-8-16(18)10-12-21(19)25/h6-15,25H,4-5H2,1-3H3. The predicted octanol–water partition coefficient (Wildman–Crippen LogP) is 4.34. The van der Waals surface area contributed by atoms with E-state index < -0.39 is 10.0 Å². The van der Waals surface area contributed by atoms with Gasteiger partial charge in [-0.25, -0.2) is 8.42 Å². The topological polar surface area (TPSA) is 79.2 Å². The van der Waals surface area contributed by atoms with Gasteiger partial charge in [0.05, 0.1) is 12.0 Å². The van der Waals surface area contributed by atoms with Crippen LogP contribution in [0.4, 0.5) is 5.69 Å². The molecule has 0 amide bonds. The highest BCUT2D eigenvalue weighted by Crippen LogP contribution is 2.32. The molecule has 7 heteroatoms. The molecule has 0 saturated heterocycles. The van der Waals surface area contributed by atoms with Crippen molar-refractivity contribution in [3.8, 4) is 11.5 Å². The van der Waals surface area contributed by atoms with Gasteiger partial charge in [0.15, 0.2) is 0 Å². The number of sulfonamides is 1. The highest BCUT2D eigenvalue weighted by molar-refractivity contribution is 7.89. The van der Waals surface area contributed by atoms with Crippen LogP contribution < -0.4 is 4.74 Å². The molecular formula is C22H24N2O4S. The monoisotopic (exact) mass is 412 g/mol. The van der Waals surface area contributed by atoms with Crippen molar-refractivity contribution in [2.45, 2.75) is 18.7 Å². The van der Waals surface area contributed by atoms with Crippen LogP contribution in [-0.2, 0) is 10.0 Å². The Kier molecular flexibility index (Phi) is 6.20. The maximum absolute atomic E-state index is 12.8. The zero-order valence-corrected chi connectivity index (χ0v) is 17.5. The van der Waals surface area contributed by atoms with Gasteiger partial charge in [0.2, 0.25) is 10.0 Å². The normalized spacial score (nSPS) is 12.1. The van der Waals surface area contributed by atoms with Gasteiger partial charge in [-0.2, -0.15) is 4.31 Å². The Bertz CT molecular complexity index is 1150. The third-order valence-electron chi connectivity index (χ3n) is 4.77. The molecule has 0 radical (unpaired) electrons. The van der Waals surface area contributed by atoms with E-state index in [9.17, 15) is 13.5 Å². The third-order valence-corrected chi connectivity index (χ3v) is 6.82. The lowest BCUT2D eigenvalue weighted by atomic mass is 10.0. The summed E-state index contributed by atoms with van der Waals surface area (Å²) in [5.41, 5.74) is 0.926. The number of aromatic hydroxyl groups is 1. The maximum Gasteiger partial charge on any atom is 0.243 e. The van der Waals surface area contributed by atoms with Crippen LogP contribution in [0, 0.1) is 0 Å². The molecule has 0 saturated carbocycles. The Balaban J connectivity index is 2.09. The van der Waals surface area contributed by atoms with Crippen molar-refractivity contribution in [2.24, 2.45) is 4.99 Å². The second kappa shape index (κ2) is 8.63. The summed E-state index contributed by atoms with van der Waals surface area (Å²) in [4.78, 5) is 4.60. The number of phenols is 1. The van der Waals surface area contributed by atoms with E-state index in [2.05, 4.69) is 4.99 Å². The molecule has 0 aliphatic carbocycles. The van der Waals surface area contributed by atoms with Crippen molar-refractivity contribution in [1.29, 1.82) is 0 Å². The second-order valence-corrected chi connectivity index (χ2v) is 8.34. The van der Waals surface area contributed by atoms with Crippen molar-refractivity contribution >= 4 is 32.7 Å². The van der Waals surface area contributed by atoms with Crippen LogP contribution in [-0.4, -0.2) is 44.2 Å². The maximum atomic E-state index is 12.8. The van der Waals surface area contributed by atoms with Gasteiger partial charge < -0.3 is 9.84 Å². The minimum atomic E-state index is -3.62. The summed E-state index contributed by atoms with van der Waals surface area (Å²) in [6.07, 6.45) is 1.53. The number of aliphatic imine (C=N–C) groups is 1. The number of nitrogens with zero attached hydrogens (tertiary/aromatic N) is 2. The number of hydrogen-bond donors (Lipinski definition) is 1. The summed E-state index contributed by atoms with van der Waals surface area (Å²) in [7, 11) is -2.12. The van der Waals surface area contributed by atoms with Gasteiger partial charge in [0.25, 0.3) is 0 Å². The SMILES string of the molecule is CCN(CC)S(=O)(=O)c1ccc(OC)c(N=Cc2c(O)ccc3ccccc23)c1. The van der Waals surface area contributed by atoms with Crippen molar-refractivity contribution in [3.63, 3.8) is 0 Å². The van der Waals surface area contributed by atoms with Gasteiger partial charge in [-0.3, -0.25) is 4.99 Å². The lowest BCUT2D eigenvalue weighted by Crippen LogP contribution is -2.30. The zero-order valence-electron chi connectivity index (χ0n) is 16.7. The van der Waals surface area contributed by atoms with Gasteiger partial charge in [0, 0.05) is 24.9 Å². The molecule has 152 valence electrons. The van der Waals surface area contributed by atoms with E-state index in [-0.39, 0.29) is 10.6 Å². The first-order valence-corrected chi connectivity index (χ1v) is 10.8. The molecule has 1 N–H and O–H groups in total. The van der Waals surface area contributed by atoms with Crippen LogP contribution in [0.2, 0.25) is 0 Å². The predicted molar refractivity (Wildman–Crippen MR) is 116 cm³/mol. The van der Waals surface area contributed by atoms with E-state index in [1.807, 2.05) is 30.3 Å². The first-order valence-electron chi connectivity index (χ1n) is 9.35. The number of ether oxygens (including phenoxy) is 1. The third kappa shape index (κ3) is 4.11. The van der Waals surface area contributed by atoms with E-state index in [1.54, 1.807) is 26.0 Å². The number of phenolic OH excluding ortho intramolecular Hbond substituents is 1.